The number of carboxylic acids is 1. The van der Waals surface area contributed by atoms with Gasteiger partial charge in [-0.05, 0) is 78.1 Å². The summed E-state index contributed by atoms with van der Waals surface area (Å²) in [6.45, 7) is 4.91. The minimum Gasteiger partial charge on any atom is -0.480 e. The number of carbonyl (C=O) groups is 1. The van der Waals surface area contributed by atoms with Crippen molar-refractivity contribution in [1.29, 1.82) is 0 Å². The third-order valence-corrected chi connectivity index (χ3v) is 9.53. The van der Waals surface area contributed by atoms with Gasteiger partial charge in [-0.25, -0.2) is 0 Å². The van der Waals surface area contributed by atoms with Crippen LogP contribution in [0, 0.1) is 11.8 Å². The zero-order valence-corrected chi connectivity index (χ0v) is 23.9. The highest BCUT2D eigenvalue weighted by Gasteiger charge is 2.41. The Hall–Kier alpha value is -3.47. The maximum atomic E-state index is 12.8. The molecule has 1 N–H and O–H groups in total. The van der Waals surface area contributed by atoms with Gasteiger partial charge in [-0.1, -0.05) is 110 Å². The van der Waals surface area contributed by atoms with Gasteiger partial charge in [-0.2, -0.15) is 0 Å². The third-order valence-electron chi connectivity index (χ3n) is 9.53. The molecular weight excluding hydrogens is 504 g/mol. The largest absolute Gasteiger partial charge is 0.480 e. The van der Waals surface area contributed by atoms with E-state index < -0.39 is 12.0 Å². The molecule has 2 fully saturated rings. The second kappa shape index (κ2) is 13.0. The highest BCUT2D eigenvalue weighted by molar-refractivity contribution is 5.90. The number of benzene rings is 4. The van der Waals surface area contributed by atoms with Gasteiger partial charge >= 0.3 is 5.97 Å². The molecule has 212 valence electrons. The van der Waals surface area contributed by atoms with E-state index in [1.54, 1.807) is 0 Å². The Morgan fingerprint density at radius 3 is 2.24 bits per heavy atom. The summed E-state index contributed by atoms with van der Waals surface area (Å²) < 4.78 is 0. The van der Waals surface area contributed by atoms with Crippen LogP contribution in [0.15, 0.2) is 103 Å². The molecule has 4 nitrogen and oxygen atoms in total. The van der Waals surface area contributed by atoms with Crippen molar-refractivity contribution in [3.05, 3.63) is 120 Å². The molecule has 2 saturated heterocycles. The van der Waals surface area contributed by atoms with Gasteiger partial charge in [-0.3, -0.25) is 9.69 Å². The van der Waals surface area contributed by atoms with Crippen molar-refractivity contribution >= 4 is 16.7 Å². The molecule has 2 aliphatic heterocycles. The van der Waals surface area contributed by atoms with Crippen LogP contribution in [0.3, 0.4) is 0 Å². The quantitative estimate of drug-likeness (QED) is 0.225. The smallest absolute Gasteiger partial charge is 0.325 e. The fourth-order valence-corrected chi connectivity index (χ4v) is 7.38. The summed E-state index contributed by atoms with van der Waals surface area (Å²) >= 11 is 0. The van der Waals surface area contributed by atoms with Crippen LogP contribution in [0.5, 0.6) is 0 Å². The van der Waals surface area contributed by atoms with Crippen molar-refractivity contribution in [2.45, 2.75) is 44.1 Å². The lowest BCUT2D eigenvalue weighted by molar-refractivity contribution is -0.143. The number of hydrogen-bond donors (Lipinski definition) is 1. The summed E-state index contributed by atoms with van der Waals surface area (Å²) in [5, 5.41) is 12.7. The summed E-state index contributed by atoms with van der Waals surface area (Å²) in [7, 11) is 0. The number of hydrogen-bond acceptors (Lipinski definition) is 3. The Labute approximate surface area is 244 Å². The van der Waals surface area contributed by atoms with E-state index >= 15 is 0 Å². The van der Waals surface area contributed by atoms with Gasteiger partial charge in [0.1, 0.15) is 6.04 Å². The van der Waals surface area contributed by atoms with Gasteiger partial charge in [0, 0.05) is 25.6 Å². The van der Waals surface area contributed by atoms with Crippen molar-refractivity contribution in [3.8, 4) is 0 Å². The van der Waals surface area contributed by atoms with Gasteiger partial charge in [0.15, 0.2) is 0 Å². The Balaban J connectivity index is 1.13. The maximum Gasteiger partial charge on any atom is 0.325 e. The minimum atomic E-state index is -0.759. The topological polar surface area (TPSA) is 43.8 Å². The van der Waals surface area contributed by atoms with E-state index in [9.17, 15) is 9.90 Å². The van der Waals surface area contributed by atoms with Crippen LogP contribution in [0.1, 0.15) is 54.3 Å². The molecule has 4 heteroatoms. The second-order valence-corrected chi connectivity index (χ2v) is 12.2. The van der Waals surface area contributed by atoms with Crippen LogP contribution in [0.25, 0.3) is 10.8 Å². The van der Waals surface area contributed by atoms with Crippen LogP contribution in [0.4, 0.5) is 0 Å². The number of rotatable bonds is 10. The molecule has 0 amide bonds. The third kappa shape index (κ3) is 6.55. The van der Waals surface area contributed by atoms with E-state index in [2.05, 4.69) is 88.7 Å². The first kappa shape index (κ1) is 27.7. The highest BCUT2D eigenvalue weighted by Crippen LogP contribution is 2.40. The van der Waals surface area contributed by atoms with E-state index in [0.29, 0.717) is 11.8 Å². The van der Waals surface area contributed by atoms with E-state index in [1.165, 1.54) is 43.2 Å². The van der Waals surface area contributed by atoms with Crippen LogP contribution >= 0.6 is 0 Å². The standard InChI is InChI=1S/C37H42N2O2/c40-37(41)36(34-20-10-18-30-17-7-8-19-33(30)34)39-26-32(35(27-39)31-15-5-2-6-16-31)25-38-23-21-29(22-24-38)14-9-13-28-11-3-1-4-12-28/h1-8,10-12,15-20,29,32,35-36H,9,13-14,21-27H2,(H,40,41). The first-order valence-electron chi connectivity index (χ1n) is 15.4. The summed E-state index contributed by atoms with van der Waals surface area (Å²) in [5.74, 6) is 0.799. The van der Waals surface area contributed by atoms with Crippen LogP contribution in [-0.4, -0.2) is 53.6 Å². The van der Waals surface area contributed by atoms with E-state index in [4.69, 9.17) is 0 Å². The Bertz CT molecular complexity index is 1410. The molecule has 6 rings (SSSR count). The lowest BCUT2D eigenvalue weighted by Crippen LogP contribution is -2.39. The minimum absolute atomic E-state index is 0.330. The average Bonchev–Trinajstić information content (AvgIpc) is 3.42. The summed E-state index contributed by atoms with van der Waals surface area (Å²) in [6.07, 6.45) is 6.31. The van der Waals surface area contributed by atoms with Gasteiger partial charge in [0.05, 0.1) is 0 Å². The zero-order chi connectivity index (χ0) is 28.0. The van der Waals surface area contributed by atoms with Crippen LogP contribution in [0.2, 0.25) is 0 Å². The maximum absolute atomic E-state index is 12.8. The van der Waals surface area contributed by atoms with E-state index in [1.807, 2.05) is 24.3 Å². The Morgan fingerprint density at radius 1 is 0.805 bits per heavy atom. The molecule has 0 bridgehead atoms. The van der Waals surface area contributed by atoms with E-state index in [0.717, 1.165) is 55.0 Å². The molecule has 0 saturated carbocycles. The lowest BCUT2D eigenvalue weighted by Gasteiger charge is -2.35. The van der Waals surface area contributed by atoms with Crippen molar-refractivity contribution in [2.75, 3.05) is 32.7 Å². The predicted octanol–water partition coefficient (Wildman–Crippen LogP) is 7.42. The van der Waals surface area contributed by atoms with Crippen LogP contribution < -0.4 is 0 Å². The number of carboxylic acid groups (broad SMARTS) is 1. The molecular formula is C37H42N2O2. The second-order valence-electron chi connectivity index (χ2n) is 12.2. The lowest BCUT2D eigenvalue weighted by atomic mass is 9.87. The number of nitrogens with zero attached hydrogens (tertiary/aromatic N) is 2. The number of likely N-dealkylation sites (tertiary alicyclic amines) is 2. The first-order valence-corrected chi connectivity index (χ1v) is 15.4. The van der Waals surface area contributed by atoms with Gasteiger partial charge in [0.2, 0.25) is 0 Å². The molecule has 0 aliphatic carbocycles. The molecule has 4 aromatic rings. The SMILES string of the molecule is O=C(O)C(c1cccc2ccccc12)N1CC(CN2CCC(CCCc3ccccc3)CC2)C(c2ccccc2)C1. The van der Waals surface area contributed by atoms with Gasteiger partial charge in [0.25, 0.3) is 0 Å². The number of piperidine rings is 1. The predicted molar refractivity (Wildman–Crippen MR) is 167 cm³/mol. The van der Waals surface area contributed by atoms with Crippen LogP contribution in [-0.2, 0) is 11.2 Å². The molecule has 3 unspecified atom stereocenters. The summed E-state index contributed by atoms with van der Waals surface area (Å²) in [5.41, 5.74) is 3.68. The average molecular weight is 547 g/mol. The fourth-order valence-electron chi connectivity index (χ4n) is 7.38. The molecule has 41 heavy (non-hydrogen) atoms. The molecule has 4 aromatic carbocycles. The Kier molecular flexibility index (Phi) is 8.79. The van der Waals surface area contributed by atoms with Crippen molar-refractivity contribution in [1.82, 2.24) is 9.80 Å². The van der Waals surface area contributed by atoms with Crippen molar-refractivity contribution in [2.24, 2.45) is 11.8 Å². The highest BCUT2D eigenvalue weighted by atomic mass is 16.4. The van der Waals surface area contributed by atoms with Crippen molar-refractivity contribution < 1.29 is 9.90 Å². The normalized spacial score (nSPS) is 21.3. The molecule has 0 aromatic heterocycles. The zero-order valence-electron chi connectivity index (χ0n) is 23.9. The monoisotopic (exact) mass is 546 g/mol. The van der Waals surface area contributed by atoms with Gasteiger partial charge < -0.3 is 10.0 Å². The van der Waals surface area contributed by atoms with E-state index in [-0.39, 0.29) is 0 Å². The number of fused-ring (bicyclic) bond motifs is 1. The molecule has 0 spiro atoms. The molecule has 0 radical (unpaired) electrons. The number of aryl methyl sites for hydroxylation is 1. The first-order chi connectivity index (χ1) is 20.2. The fraction of sp³-hybridized carbons (Fsp3) is 0.378. The molecule has 2 aliphatic rings. The number of aliphatic carboxylic acids is 1. The van der Waals surface area contributed by atoms with Crippen molar-refractivity contribution in [3.63, 3.8) is 0 Å². The molecule has 3 atom stereocenters. The summed E-state index contributed by atoms with van der Waals surface area (Å²) in [6, 6.07) is 35.2. The molecule has 2 heterocycles. The van der Waals surface area contributed by atoms with Gasteiger partial charge in [-0.15, -0.1) is 0 Å². The summed E-state index contributed by atoms with van der Waals surface area (Å²) in [4.78, 5) is 17.7. The Morgan fingerprint density at radius 2 is 1.49 bits per heavy atom.